The van der Waals surface area contributed by atoms with Crippen LogP contribution in [0, 0.1) is 12.8 Å². The van der Waals surface area contributed by atoms with Crippen LogP contribution in [0.25, 0.3) is 0 Å². The Morgan fingerprint density at radius 1 is 1.17 bits per heavy atom. The van der Waals surface area contributed by atoms with Gasteiger partial charge >= 0.3 is 0 Å². The first-order valence-electron chi connectivity index (χ1n) is 7.81. The molecule has 3 N–H and O–H groups in total. The average Bonchev–Trinajstić information content (AvgIpc) is 2.48. The third-order valence-electron chi connectivity index (χ3n) is 3.37. The number of carbonyl (C=O) groups excluding carboxylic acids is 2. The van der Waals surface area contributed by atoms with Gasteiger partial charge in [-0.1, -0.05) is 38.5 Å². The highest BCUT2D eigenvalue weighted by Crippen LogP contribution is 2.07. The lowest BCUT2D eigenvalue weighted by Gasteiger charge is -2.22. The number of nitrogens with one attached hydrogen (secondary N) is 3. The molecule has 130 valence electrons. The van der Waals surface area contributed by atoms with Gasteiger partial charge in [-0.05, 0) is 31.5 Å². The van der Waals surface area contributed by atoms with E-state index < -0.39 is 6.04 Å². The van der Waals surface area contributed by atoms with E-state index >= 15 is 0 Å². The van der Waals surface area contributed by atoms with E-state index in [9.17, 15) is 9.59 Å². The Balaban J connectivity index is 0.00000484. The first kappa shape index (κ1) is 21.4. The van der Waals surface area contributed by atoms with Gasteiger partial charge in [0, 0.05) is 18.7 Å². The van der Waals surface area contributed by atoms with E-state index in [1.807, 2.05) is 45.9 Å². The Hall–Kier alpha value is -1.59. The Labute approximate surface area is 145 Å². The second kappa shape index (κ2) is 11.0. The Kier molecular flexibility index (Phi) is 10.3. The molecule has 1 aromatic rings. The molecule has 5 nitrogen and oxygen atoms in total. The summed E-state index contributed by atoms with van der Waals surface area (Å²) in [6.07, 6.45) is 0. The normalized spacial score (nSPS) is 11.5. The molecule has 1 aromatic carbocycles. The Morgan fingerprint density at radius 3 is 2.43 bits per heavy atom. The van der Waals surface area contributed by atoms with Crippen molar-refractivity contribution in [2.24, 2.45) is 5.92 Å². The fourth-order valence-corrected chi connectivity index (χ4v) is 2.11. The molecule has 0 bridgehead atoms. The van der Waals surface area contributed by atoms with Crippen LogP contribution < -0.4 is 16.0 Å². The van der Waals surface area contributed by atoms with Gasteiger partial charge in [-0.15, -0.1) is 12.4 Å². The molecule has 6 heteroatoms. The molecule has 1 rings (SSSR count). The molecule has 0 radical (unpaired) electrons. The highest BCUT2D eigenvalue weighted by atomic mass is 35.5. The minimum absolute atomic E-state index is 0. The molecule has 0 fully saturated rings. The second-order valence-corrected chi connectivity index (χ2v) is 5.71. The van der Waals surface area contributed by atoms with Crippen molar-refractivity contribution in [2.45, 2.75) is 33.7 Å². The van der Waals surface area contributed by atoms with Gasteiger partial charge in [-0.3, -0.25) is 9.59 Å². The average molecular weight is 342 g/mol. The zero-order valence-corrected chi connectivity index (χ0v) is 15.1. The molecule has 23 heavy (non-hydrogen) atoms. The summed E-state index contributed by atoms with van der Waals surface area (Å²) >= 11 is 0. The first-order chi connectivity index (χ1) is 10.5. The zero-order chi connectivity index (χ0) is 16.5. The Morgan fingerprint density at radius 2 is 1.87 bits per heavy atom. The lowest BCUT2D eigenvalue weighted by molar-refractivity contribution is -0.123. The van der Waals surface area contributed by atoms with Gasteiger partial charge in [-0.25, -0.2) is 0 Å². The van der Waals surface area contributed by atoms with E-state index in [0.717, 1.165) is 18.7 Å². The van der Waals surface area contributed by atoms with Gasteiger partial charge in [0.15, 0.2) is 0 Å². The minimum atomic E-state index is -0.533. The van der Waals surface area contributed by atoms with E-state index in [1.165, 1.54) is 0 Å². The van der Waals surface area contributed by atoms with Gasteiger partial charge in [-0.2, -0.15) is 0 Å². The molecule has 0 spiro atoms. The number of hydrogen-bond acceptors (Lipinski definition) is 3. The smallest absolute Gasteiger partial charge is 0.251 e. The van der Waals surface area contributed by atoms with E-state index in [0.29, 0.717) is 12.1 Å². The Bertz CT molecular complexity index is 506. The predicted molar refractivity (Wildman–Crippen MR) is 96.1 cm³/mol. The van der Waals surface area contributed by atoms with E-state index in [-0.39, 0.29) is 30.1 Å². The van der Waals surface area contributed by atoms with Gasteiger partial charge < -0.3 is 16.0 Å². The summed E-state index contributed by atoms with van der Waals surface area (Å²) in [5, 5.41) is 8.82. The molecule has 0 saturated heterocycles. The SMILES string of the molecule is CCNCCNC(=O)C(NC(=O)c1cccc(C)c1)C(C)C.Cl. The van der Waals surface area contributed by atoms with Crippen molar-refractivity contribution in [3.8, 4) is 0 Å². The van der Waals surface area contributed by atoms with Crippen molar-refractivity contribution >= 4 is 24.2 Å². The molecular weight excluding hydrogens is 314 g/mol. The third-order valence-corrected chi connectivity index (χ3v) is 3.37. The third kappa shape index (κ3) is 7.48. The maximum atomic E-state index is 12.3. The molecule has 1 unspecified atom stereocenters. The van der Waals surface area contributed by atoms with Crippen molar-refractivity contribution in [1.29, 1.82) is 0 Å². The van der Waals surface area contributed by atoms with Crippen molar-refractivity contribution in [1.82, 2.24) is 16.0 Å². The summed E-state index contributed by atoms with van der Waals surface area (Å²) in [6.45, 7) is 9.93. The maximum absolute atomic E-state index is 12.3. The van der Waals surface area contributed by atoms with Crippen molar-refractivity contribution in [3.63, 3.8) is 0 Å². The molecule has 0 aliphatic heterocycles. The molecule has 0 aromatic heterocycles. The number of halogens is 1. The number of rotatable bonds is 8. The topological polar surface area (TPSA) is 70.2 Å². The summed E-state index contributed by atoms with van der Waals surface area (Å²) < 4.78 is 0. The van der Waals surface area contributed by atoms with Crippen LogP contribution in [-0.4, -0.2) is 37.5 Å². The fraction of sp³-hybridized carbons (Fsp3) is 0.529. The highest BCUT2D eigenvalue weighted by Gasteiger charge is 2.24. The quantitative estimate of drug-likeness (QED) is 0.632. The van der Waals surface area contributed by atoms with E-state index in [4.69, 9.17) is 0 Å². The largest absolute Gasteiger partial charge is 0.353 e. The van der Waals surface area contributed by atoms with Crippen LogP contribution >= 0.6 is 12.4 Å². The van der Waals surface area contributed by atoms with Gasteiger partial charge in [0.25, 0.3) is 5.91 Å². The molecule has 1 atom stereocenters. The number of likely N-dealkylation sites (N-methyl/N-ethyl adjacent to an activating group) is 1. The van der Waals surface area contributed by atoms with Crippen molar-refractivity contribution in [3.05, 3.63) is 35.4 Å². The minimum Gasteiger partial charge on any atom is -0.353 e. The van der Waals surface area contributed by atoms with Crippen LogP contribution in [0.3, 0.4) is 0 Å². The summed E-state index contributed by atoms with van der Waals surface area (Å²) in [5.74, 6) is -0.342. The molecule has 0 aliphatic rings. The highest BCUT2D eigenvalue weighted by molar-refractivity contribution is 5.97. The van der Waals surface area contributed by atoms with Crippen molar-refractivity contribution in [2.75, 3.05) is 19.6 Å². The maximum Gasteiger partial charge on any atom is 0.251 e. The summed E-state index contributed by atoms with van der Waals surface area (Å²) in [7, 11) is 0. The summed E-state index contributed by atoms with van der Waals surface area (Å²) in [4.78, 5) is 24.5. The van der Waals surface area contributed by atoms with E-state index in [1.54, 1.807) is 6.07 Å². The molecule has 0 saturated carbocycles. The predicted octanol–water partition coefficient (Wildman–Crippen LogP) is 1.90. The molecule has 0 heterocycles. The summed E-state index contributed by atoms with van der Waals surface area (Å²) in [5.41, 5.74) is 1.59. The molecule has 2 amide bonds. The fourth-order valence-electron chi connectivity index (χ4n) is 2.11. The van der Waals surface area contributed by atoms with Crippen LogP contribution in [-0.2, 0) is 4.79 Å². The van der Waals surface area contributed by atoms with E-state index in [2.05, 4.69) is 16.0 Å². The number of aryl methyl sites for hydroxylation is 1. The lowest BCUT2D eigenvalue weighted by atomic mass is 10.0. The van der Waals surface area contributed by atoms with Crippen LogP contribution in [0.5, 0.6) is 0 Å². The van der Waals surface area contributed by atoms with Gasteiger partial charge in [0.2, 0.25) is 5.91 Å². The van der Waals surface area contributed by atoms with Crippen LogP contribution in [0.2, 0.25) is 0 Å². The van der Waals surface area contributed by atoms with Crippen LogP contribution in [0.1, 0.15) is 36.7 Å². The number of carbonyl (C=O) groups is 2. The summed E-state index contributed by atoms with van der Waals surface area (Å²) in [6, 6.07) is 6.81. The van der Waals surface area contributed by atoms with Crippen molar-refractivity contribution < 1.29 is 9.59 Å². The number of hydrogen-bond donors (Lipinski definition) is 3. The molecular formula is C17H28ClN3O2. The molecule has 0 aliphatic carbocycles. The standard InChI is InChI=1S/C17H27N3O2.ClH/c1-5-18-9-10-19-17(22)15(12(2)3)20-16(21)14-8-6-7-13(4)11-14;/h6-8,11-12,15,18H,5,9-10H2,1-4H3,(H,19,22)(H,20,21);1H. The zero-order valence-electron chi connectivity index (χ0n) is 14.3. The van der Waals surface area contributed by atoms with Crippen LogP contribution in [0.4, 0.5) is 0 Å². The monoisotopic (exact) mass is 341 g/mol. The van der Waals surface area contributed by atoms with Gasteiger partial charge in [0.1, 0.15) is 6.04 Å². The van der Waals surface area contributed by atoms with Gasteiger partial charge in [0.05, 0.1) is 0 Å². The number of benzene rings is 1. The second-order valence-electron chi connectivity index (χ2n) is 5.71. The lowest BCUT2D eigenvalue weighted by Crippen LogP contribution is -2.50. The first-order valence-corrected chi connectivity index (χ1v) is 7.81. The number of amides is 2. The van der Waals surface area contributed by atoms with Crippen LogP contribution in [0.15, 0.2) is 24.3 Å².